The van der Waals surface area contributed by atoms with Crippen LogP contribution in [0.5, 0.6) is 0 Å². The van der Waals surface area contributed by atoms with Crippen molar-refractivity contribution in [2.75, 3.05) is 13.2 Å². The number of alkyl carbamates (subject to hydrolysis) is 1. The molecule has 0 aliphatic heterocycles. The molecule has 134 valence electrons. The first-order chi connectivity index (χ1) is 12.6. The number of carbonyl (C=O) groups is 1. The average Bonchev–Trinajstić information content (AvgIpc) is 2.97. The van der Waals surface area contributed by atoms with E-state index < -0.39 is 6.09 Å². The summed E-state index contributed by atoms with van der Waals surface area (Å²) >= 11 is 0. The van der Waals surface area contributed by atoms with Gasteiger partial charge in [0, 0.05) is 23.4 Å². The Morgan fingerprint density at radius 3 is 2.27 bits per heavy atom. The Kier molecular flexibility index (Phi) is 5.44. The second-order valence-electron chi connectivity index (χ2n) is 6.73. The lowest BCUT2D eigenvalue weighted by atomic mass is 9.98. The summed E-state index contributed by atoms with van der Waals surface area (Å²) in [6.07, 6.45) is -0.487. The minimum absolute atomic E-state index is 0.0304. The number of ether oxygens (including phenoxy) is 1. The number of benzene rings is 2. The minimum atomic E-state index is -0.487. The lowest BCUT2D eigenvalue weighted by molar-refractivity contribution is 0.136. The quantitative estimate of drug-likeness (QED) is 0.458. The van der Waals surface area contributed by atoms with E-state index in [1.54, 1.807) is 0 Å². The lowest BCUT2D eigenvalue weighted by Crippen LogP contribution is -2.41. The van der Waals surface area contributed by atoms with Crippen LogP contribution in [0.4, 0.5) is 4.79 Å². The van der Waals surface area contributed by atoms with Crippen molar-refractivity contribution in [3.63, 3.8) is 0 Å². The van der Waals surface area contributed by atoms with E-state index in [2.05, 4.69) is 39.6 Å². The smallest absolute Gasteiger partial charge is 0.407 e. The van der Waals surface area contributed by atoms with Crippen LogP contribution >= 0.6 is 0 Å². The highest BCUT2D eigenvalue weighted by molar-refractivity contribution is 5.79. The molecule has 26 heavy (non-hydrogen) atoms. The Labute approximate surface area is 152 Å². The van der Waals surface area contributed by atoms with Gasteiger partial charge in [0.05, 0.1) is 0 Å². The van der Waals surface area contributed by atoms with Crippen LogP contribution in [0.1, 0.15) is 30.9 Å². The highest BCUT2D eigenvalue weighted by Crippen LogP contribution is 2.44. The van der Waals surface area contributed by atoms with Crippen LogP contribution in [0.25, 0.3) is 21.6 Å². The van der Waals surface area contributed by atoms with E-state index in [1.165, 1.54) is 22.3 Å². The number of fused-ring (bicyclic) bond motifs is 3. The van der Waals surface area contributed by atoms with Gasteiger partial charge in [-0.15, -0.1) is 0 Å². The van der Waals surface area contributed by atoms with E-state index in [1.807, 2.05) is 38.1 Å². The van der Waals surface area contributed by atoms with Gasteiger partial charge in [-0.1, -0.05) is 67.5 Å². The first kappa shape index (κ1) is 17.8. The van der Waals surface area contributed by atoms with Gasteiger partial charge in [0.15, 0.2) is 0 Å². The molecule has 0 saturated carbocycles. The highest BCUT2D eigenvalue weighted by atomic mass is 16.5. The van der Waals surface area contributed by atoms with Crippen molar-refractivity contribution in [2.24, 2.45) is 11.0 Å². The Bertz CT molecular complexity index is 798. The molecule has 1 amide bonds. The molecule has 0 unspecified atom stereocenters. The first-order valence-electron chi connectivity index (χ1n) is 8.74. The Morgan fingerprint density at radius 1 is 1.15 bits per heavy atom. The number of hydrogen-bond donors (Lipinski definition) is 1. The molecule has 0 fully saturated rings. The fraction of sp³-hybridized carbons (Fsp3) is 0.350. The summed E-state index contributed by atoms with van der Waals surface area (Å²) < 4.78 is 5.52. The zero-order valence-corrected chi connectivity index (χ0v) is 14.9. The van der Waals surface area contributed by atoms with E-state index in [0.717, 1.165) is 0 Å². The number of nitrogens with one attached hydrogen (secondary N) is 1. The maximum absolute atomic E-state index is 12.2. The molecule has 1 aliphatic rings. The zero-order valence-electron chi connectivity index (χ0n) is 14.9. The van der Waals surface area contributed by atoms with Crippen LogP contribution < -0.4 is 5.32 Å². The van der Waals surface area contributed by atoms with Gasteiger partial charge in [-0.3, -0.25) is 0 Å². The van der Waals surface area contributed by atoms with Crippen molar-refractivity contribution in [2.45, 2.75) is 25.8 Å². The Morgan fingerprint density at radius 2 is 1.73 bits per heavy atom. The Hall–Kier alpha value is -2.98. The van der Waals surface area contributed by atoms with Crippen molar-refractivity contribution in [1.29, 1.82) is 0 Å². The number of rotatable bonds is 6. The molecule has 0 aromatic heterocycles. The molecule has 6 heteroatoms. The van der Waals surface area contributed by atoms with Crippen LogP contribution in [0.3, 0.4) is 0 Å². The van der Waals surface area contributed by atoms with Crippen molar-refractivity contribution in [3.05, 3.63) is 70.1 Å². The van der Waals surface area contributed by atoms with Crippen LogP contribution in [0.15, 0.2) is 53.6 Å². The van der Waals surface area contributed by atoms with Crippen molar-refractivity contribution in [3.8, 4) is 11.1 Å². The highest BCUT2D eigenvalue weighted by Gasteiger charge is 2.29. The zero-order chi connectivity index (χ0) is 18.5. The van der Waals surface area contributed by atoms with Gasteiger partial charge in [0.1, 0.15) is 6.61 Å². The van der Waals surface area contributed by atoms with Gasteiger partial charge in [-0.2, -0.15) is 0 Å². The van der Waals surface area contributed by atoms with Crippen molar-refractivity contribution < 1.29 is 9.53 Å². The standard InChI is InChI=1S/C20H22N4O2/c1-13(2)19(11-22-24-21)23-20(25)26-12-18-16-9-5-3-7-14(16)15-8-4-6-10-17(15)18/h3-10,13,18-19H,11-12H2,1-2H3,(H,23,25)/t19-/m1/s1. The van der Waals surface area contributed by atoms with Gasteiger partial charge in [-0.25, -0.2) is 4.79 Å². The molecule has 2 aromatic rings. The van der Waals surface area contributed by atoms with Crippen LogP contribution in [0.2, 0.25) is 0 Å². The number of azide groups is 1. The molecule has 0 spiro atoms. The molecule has 1 atom stereocenters. The average molecular weight is 350 g/mol. The number of carbonyl (C=O) groups excluding carboxylic acids is 1. The molecule has 0 heterocycles. The van der Waals surface area contributed by atoms with Crippen LogP contribution in [-0.4, -0.2) is 25.3 Å². The van der Waals surface area contributed by atoms with Gasteiger partial charge in [-0.05, 0) is 33.7 Å². The van der Waals surface area contributed by atoms with Gasteiger partial charge >= 0.3 is 6.09 Å². The lowest BCUT2D eigenvalue weighted by Gasteiger charge is -2.21. The SMILES string of the molecule is CC(C)[C@@H](CN=[N+]=[N-])NC(=O)OCC1c2ccccc2-c2ccccc21. The molecule has 2 aromatic carbocycles. The predicted molar refractivity (Wildman–Crippen MR) is 101 cm³/mol. The van der Waals surface area contributed by atoms with Crippen LogP contribution in [0, 0.1) is 5.92 Å². The number of amides is 1. The summed E-state index contributed by atoms with van der Waals surface area (Å²) in [5, 5.41) is 6.35. The molecular formula is C20H22N4O2. The van der Waals surface area contributed by atoms with E-state index >= 15 is 0 Å². The molecular weight excluding hydrogens is 328 g/mol. The second-order valence-corrected chi connectivity index (χ2v) is 6.73. The fourth-order valence-electron chi connectivity index (χ4n) is 3.34. The Balaban J connectivity index is 1.70. The fourth-order valence-corrected chi connectivity index (χ4v) is 3.34. The third-order valence-electron chi connectivity index (χ3n) is 4.79. The normalized spacial score (nSPS) is 13.5. The van der Waals surface area contributed by atoms with Crippen molar-refractivity contribution >= 4 is 6.09 Å². The molecule has 1 N–H and O–H groups in total. The summed E-state index contributed by atoms with van der Waals surface area (Å²) in [5.41, 5.74) is 13.2. The third-order valence-corrected chi connectivity index (χ3v) is 4.79. The van der Waals surface area contributed by atoms with E-state index in [4.69, 9.17) is 10.3 Å². The van der Waals surface area contributed by atoms with Crippen molar-refractivity contribution in [1.82, 2.24) is 5.32 Å². The molecule has 0 bridgehead atoms. The van der Waals surface area contributed by atoms with Crippen LogP contribution in [-0.2, 0) is 4.74 Å². The summed E-state index contributed by atoms with van der Waals surface area (Å²) in [4.78, 5) is 15.0. The summed E-state index contributed by atoms with van der Waals surface area (Å²) in [6, 6.07) is 16.2. The van der Waals surface area contributed by atoms with E-state index in [9.17, 15) is 4.79 Å². The largest absolute Gasteiger partial charge is 0.449 e. The van der Waals surface area contributed by atoms with Gasteiger partial charge < -0.3 is 10.1 Å². The van der Waals surface area contributed by atoms with Gasteiger partial charge in [0.25, 0.3) is 0 Å². The molecule has 0 saturated heterocycles. The molecule has 3 rings (SSSR count). The topological polar surface area (TPSA) is 87.1 Å². The maximum atomic E-state index is 12.2. The van der Waals surface area contributed by atoms with E-state index in [-0.39, 0.29) is 31.0 Å². The summed E-state index contributed by atoms with van der Waals surface area (Å²) in [6.45, 7) is 4.40. The monoisotopic (exact) mass is 350 g/mol. The predicted octanol–water partition coefficient (Wildman–Crippen LogP) is 4.86. The summed E-state index contributed by atoms with van der Waals surface area (Å²) in [7, 11) is 0. The second kappa shape index (κ2) is 7.93. The minimum Gasteiger partial charge on any atom is -0.449 e. The number of hydrogen-bond acceptors (Lipinski definition) is 3. The third kappa shape index (κ3) is 3.65. The summed E-state index contributed by atoms with van der Waals surface area (Å²) in [5.74, 6) is 0.170. The number of nitrogens with zero attached hydrogens (tertiary/aromatic N) is 3. The maximum Gasteiger partial charge on any atom is 0.407 e. The first-order valence-corrected chi connectivity index (χ1v) is 8.74. The van der Waals surface area contributed by atoms with Gasteiger partial charge in [0.2, 0.25) is 0 Å². The molecule has 6 nitrogen and oxygen atoms in total. The van der Waals surface area contributed by atoms with E-state index in [0.29, 0.717) is 0 Å². The molecule has 1 aliphatic carbocycles. The molecule has 0 radical (unpaired) electrons.